The van der Waals surface area contributed by atoms with Gasteiger partial charge in [0, 0.05) is 25.6 Å². The monoisotopic (exact) mass is 290 g/mol. The number of rotatable bonds is 6. The topological polar surface area (TPSA) is 24.5 Å². The first-order valence-electron chi connectivity index (χ1n) is 8.19. The third-order valence-corrected chi connectivity index (χ3v) is 4.78. The van der Waals surface area contributed by atoms with Gasteiger partial charge in [0.25, 0.3) is 0 Å². The van der Waals surface area contributed by atoms with Gasteiger partial charge >= 0.3 is 0 Å². The summed E-state index contributed by atoms with van der Waals surface area (Å²) in [5, 5.41) is 3.43. The lowest BCUT2D eigenvalue weighted by Gasteiger charge is -2.38. The van der Waals surface area contributed by atoms with Crippen molar-refractivity contribution in [3.8, 4) is 5.75 Å². The number of para-hydroxylation sites is 2. The standard InChI is InChI=1S/C18H30N2O/c1-19-14-18(12-8-4-5-9-13-18)15-20(2)16-10-6-7-11-17(16)21-3/h6-7,10-11,19H,4-5,8-9,12-15H2,1-3H3. The van der Waals surface area contributed by atoms with Gasteiger partial charge in [-0.25, -0.2) is 0 Å². The van der Waals surface area contributed by atoms with Gasteiger partial charge in [-0.05, 0) is 32.0 Å². The molecular formula is C18H30N2O. The zero-order valence-corrected chi connectivity index (χ0v) is 13.8. The first kappa shape index (κ1) is 16.2. The van der Waals surface area contributed by atoms with Crippen LogP contribution in [0.4, 0.5) is 5.69 Å². The Hall–Kier alpha value is -1.22. The van der Waals surface area contributed by atoms with Crippen molar-refractivity contribution in [2.45, 2.75) is 38.5 Å². The number of anilines is 1. The van der Waals surface area contributed by atoms with E-state index in [-0.39, 0.29) is 0 Å². The van der Waals surface area contributed by atoms with E-state index >= 15 is 0 Å². The molecule has 0 radical (unpaired) electrons. The number of hydrogen-bond donors (Lipinski definition) is 1. The molecule has 0 heterocycles. The number of hydrogen-bond acceptors (Lipinski definition) is 3. The molecule has 1 aliphatic carbocycles. The fraction of sp³-hybridized carbons (Fsp3) is 0.667. The molecule has 3 nitrogen and oxygen atoms in total. The molecule has 0 unspecified atom stereocenters. The van der Waals surface area contributed by atoms with Crippen molar-refractivity contribution in [2.75, 3.05) is 39.2 Å². The van der Waals surface area contributed by atoms with E-state index in [0.717, 1.165) is 18.8 Å². The highest BCUT2D eigenvalue weighted by Gasteiger charge is 2.32. The van der Waals surface area contributed by atoms with Gasteiger partial charge in [0.05, 0.1) is 12.8 Å². The first-order valence-corrected chi connectivity index (χ1v) is 8.19. The van der Waals surface area contributed by atoms with Crippen molar-refractivity contribution >= 4 is 5.69 Å². The Bertz CT molecular complexity index is 425. The number of methoxy groups -OCH3 is 1. The predicted octanol–water partition coefficient (Wildman–Crippen LogP) is 3.69. The van der Waals surface area contributed by atoms with E-state index in [1.165, 1.54) is 44.2 Å². The fourth-order valence-electron chi connectivity index (χ4n) is 3.78. The Balaban J connectivity index is 2.15. The molecule has 118 valence electrons. The van der Waals surface area contributed by atoms with Crippen LogP contribution in [0.2, 0.25) is 0 Å². The van der Waals surface area contributed by atoms with Crippen molar-refractivity contribution in [3.63, 3.8) is 0 Å². The molecule has 1 fully saturated rings. The zero-order chi connectivity index (χ0) is 15.1. The van der Waals surface area contributed by atoms with E-state index in [0.29, 0.717) is 5.41 Å². The molecule has 0 aliphatic heterocycles. The Kier molecular flexibility index (Phi) is 5.92. The van der Waals surface area contributed by atoms with Crippen molar-refractivity contribution in [2.24, 2.45) is 5.41 Å². The number of nitrogens with zero attached hydrogens (tertiary/aromatic N) is 1. The van der Waals surface area contributed by atoms with E-state index in [2.05, 4.69) is 36.4 Å². The van der Waals surface area contributed by atoms with Gasteiger partial charge in [-0.2, -0.15) is 0 Å². The lowest BCUT2D eigenvalue weighted by molar-refractivity contribution is 0.245. The van der Waals surface area contributed by atoms with Crippen molar-refractivity contribution in [3.05, 3.63) is 24.3 Å². The fourth-order valence-corrected chi connectivity index (χ4v) is 3.78. The molecule has 1 saturated carbocycles. The van der Waals surface area contributed by atoms with Crippen LogP contribution in [-0.4, -0.2) is 34.3 Å². The normalized spacial score (nSPS) is 18.0. The second-order valence-corrected chi connectivity index (χ2v) is 6.47. The molecular weight excluding hydrogens is 260 g/mol. The zero-order valence-electron chi connectivity index (χ0n) is 13.8. The molecule has 1 aromatic rings. The Morgan fingerprint density at radius 1 is 1.14 bits per heavy atom. The van der Waals surface area contributed by atoms with Crippen molar-refractivity contribution < 1.29 is 4.74 Å². The smallest absolute Gasteiger partial charge is 0.142 e. The number of benzene rings is 1. The van der Waals surface area contributed by atoms with Crippen LogP contribution in [-0.2, 0) is 0 Å². The van der Waals surface area contributed by atoms with Crippen LogP contribution < -0.4 is 15.0 Å². The summed E-state index contributed by atoms with van der Waals surface area (Å²) in [5.74, 6) is 0.966. The van der Waals surface area contributed by atoms with Gasteiger partial charge in [-0.1, -0.05) is 37.8 Å². The van der Waals surface area contributed by atoms with Crippen LogP contribution in [0, 0.1) is 5.41 Å². The Morgan fingerprint density at radius 2 is 1.81 bits per heavy atom. The van der Waals surface area contributed by atoms with E-state index in [1.807, 2.05) is 12.1 Å². The maximum absolute atomic E-state index is 5.52. The molecule has 3 heteroatoms. The minimum absolute atomic E-state index is 0.390. The predicted molar refractivity (Wildman–Crippen MR) is 90.3 cm³/mol. The first-order chi connectivity index (χ1) is 10.2. The molecule has 21 heavy (non-hydrogen) atoms. The largest absolute Gasteiger partial charge is 0.495 e. The van der Waals surface area contributed by atoms with Crippen LogP contribution in [0.15, 0.2) is 24.3 Å². The van der Waals surface area contributed by atoms with E-state index < -0.39 is 0 Å². The SMILES string of the molecule is CNCC1(CN(C)c2ccccc2OC)CCCCCC1. The molecule has 0 amide bonds. The maximum atomic E-state index is 5.52. The summed E-state index contributed by atoms with van der Waals surface area (Å²) in [5.41, 5.74) is 1.58. The molecule has 0 saturated heterocycles. The molecule has 0 atom stereocenters. The van der Waals surface area contributed by atoms with Gasteiger partial charge in [0.15, 0.2) is 0 Å². The summed E-state index contributed by atoms with van der Waals surface area (Å²) in [4.78, 5) is 2.38. The maximum Gasteiger partial charge on any atom is 0.142 e. The number of ether oxygens (including phenoxy) is 1. The average Bonchev–Trinajstić information content (AvgIpc) is 2.73. The molecule has 1 aliphatic rings. The highest BCUT2D eigenvalue weighted by atomic mass is 16.5. The van der Waals surface area contributed by atoms with Gasteiger partial charge < -0.3 is 15.0 Å². The molecule has 0 aromatic heterocycles. The van der Waals surface area contributed by atoms with Crippen LogP contribution in [0.1, 0.15) is 38.5 Å². The molecule has 0 bridgehead atoms. The van der Waals surface area contributed by atoms with Gasteiger partial charge in [0.2, 0.25) is 0 Å². The third kappa shape index (κ3) is 4.13. The lowest BCUT2D eigenvalue weighted by Crippen LogP contribution is -2.42. The highest BCUT2D eigenvalue weighted by Crippen LogP contribution is 2.37. The van der Waals surface area contributed by atoms with E-state index in [4.69, 9.17) is 4.74 Å². The molecule has 0 spiro atoms. The average molecular weight is 290 g/mol. The van der Waals surface area contributed by atoms with Gasteiger partial charge in [-0.3, -0.25) is 0 Å². The lowest BCUT2D eigenvalue weighted by atomic mass is 9.79. The quantitative estimate of drug-likeness (QED) is 0.809. The minimum atomic E-state index is 0.390. The highest BCUT2D eigenvalue weighted by molar-refractivity contribution is 5.58. The minimum Gasteiger partial charge on any atom is -0.495 e. The number of nitrogens with one attached hydrogen (secondary N) is 1. The van der Waals surface area contributed by atoms with Gasteiger partial charge in [0.1, 0.15) is 5.75 Å². The third-order valence-electron chi connectivity index (χ3n) is 4.78. The Labute approximate surface area is 129 Å². The molecule has 2 rings (SSSR count). The van der Waals surface area contributed by atoms with Gasteiger partial charge in [-0.15, -0.1) is 0 Å². The van der Waals surface area contributed by atoms with E-state index in [9.17, 15) is 0 Å². The van der Waals surface area contributed by atoms with Crippen molar-refractivity contribution in [1.82, 2.24) is 5.32 Å². The summed E-state index contributed by atoms with van der Waals surface area (Å²) in [6.45, 7) is 2.20. The second-order valence-electron chi connectivity index (χ2n) is 6.47. The second kappa shape index (κ2) is 7.69. The summed E-state index contributed by atoms with van der Waals surface area (Å²) in [7, 11) is 6.03. The molecule has 1 N–H and O–H groups in total. The summed E-state index contributed by atoms with van der Waals surface area (Å²) < 4.78 is 5.52. The van der Waals surface area contributed by atoms with Crippen LogP contribution in [0.3, 0.4) is 0 Å². The van der Waals surface area contributed by atoms with Crippen LogP contribution in [0.25, 0.3) is 0 Å². The Morgan fingerprint density at radius 3 is 2.43 bits per heavy atom. The summed E-state index contributed by atoms with van der Waals surface area (Å²) in [6.07, 6.45) is 8.16. The van der Waals surface area contributed by atoms with Crippen LogP contribution >= 0.6 is 0 Å². The summed E-state index contributed by atoms with van der Waals surface area (Å²) >= 11 is 0. The summed E-state index contributed by atoms with van der Waals surface area (Å²) in [6, 6.07) is 8.32. The molecule has 1 aromatic carbocycles. The van der Waals surface area contributed by atoms with Crippen LogP contribution in [0.5, 0.6) is 5.75 Å². The van der Waals surface area contributed by atoms with E-state index in [1.54, 1.807) is 7.11 Å². The van der Waals surface area contributed by atoms with Crippen molar-refractivity contribution in [1.29, 1.82) is 0 Å².